The topological polar surface area (TPSA) is 73.5 Å². The number of nitrogens with zero attached hydrogens (tertiary/aromatic N) is 1. The van der Waals surface area contributed by atoms with Crippen LogP contribution in [0.15, 0.2) is 48.5 Å². The molecule has 1 aliphatic heterocycles. The fourth-order valence-corrected chi connectivity index (χ4v) is 2.94. The van der Waals surface area contributed by atoms with Gasteiger partial charge in [-0.25, -0.2) is 4.79 Å². The van der Waals surface area contributed by atoms with Crippen LogP contribution in [0.3, 0.4) is 0 Å². The molecule has 1 aliphatic rings. The SMILES string of the molecule is CCNCc1ccccc1NC(=O)c1cccc(N2CCCNC2=O)c1. The number of rotatable bonds is 6. The van der Waals surface area contributed by atoms with E-state index >= 15 is 0 Å². The lowest BCUT2D eigenvalue weighted by molar-refractivity contribution is 0.102. The second kappa shape index (κ2) is 8.49. The number of para-hydroxylation sites is 1. The van der Waals surface area contributed by atoms with Gasteiger partial charge in [-0.1, -0.05) is 31.2 Å². The normalized spacial score (nSPS) is 14.0. The summed E-state index contributed by atoms with van der Waals surface area (Å²) in [6.45, 7) is 4.95. The molecule has 136 valence electrons. The van der Waals surface area contributed by atoms with Gasteiger partial charge in [0.25, 0.3) is 5.91 Å². The van der Waals surface area contributed by atoms with Gasteiger partial charge < -0.3 is 16.0 Å². The molecule has 0 unspecified atom stereocenters. The number of anilines is 2. The number of carbonyl (C=O) groups is 2. The number of amides is 3. The van der Waals surface area contributed by atoms with Crippen LogP contribution >= 0.6 is 0 Å². The Balaban J connectivity index is 1.76. The quantitative estimate of drug-likeness (QED) is 0.748. The molecule has 3 N–H and O–H groups in total. The van der Waals surface area contributed by atoms with E-state index in [2.05, 4.69) is 16.0 Å². The molecule has 0 aliphatic carbocycles. The minimum Gasteiger partial charge on any atom is -0.338 e. The molecule has 6 nitrogen and oxygen atoms in total. The molecule has 2 aromatic carbocycles. The first-order valence-corrected chi connectivity index (χ1v) is 8.94. The summed E-state index contributed by atoms with van der Waals surface area (Å²) in [4.78, 5) is 26.4. The van der Waals surface area contributed by atoms with Crippen LogP contribution in [-0.4, -0.2) is 31.6 Å². The average Bonchev–Trinajstić information content (AvgIpc) is 2.68. The molecule has 3 amide bonds. The number of benzene rings is 2. The fraction of sp³-hybridized carbons (Fsp3) is 0.300. The molecule has 0 spiro atoms. The van der Waals surface area contributed by atoms with Crippen LogP contribution in [-0.2, 0) is 6.54 Å². The lowest BCUT2D eigenvalue weighted by Crippen LogP contribution is -2.46. The molecule has 0 radical (unpaired) electrons. The minimum atomic E-state index is -0.187. The maximum atomic E-state index is 12.7. The molecule has 1 fully saturated rings. The zero-order chi connectivity index (χ0) is 18.4. The molecule has 2 aromatic rings. The van der Waals surface area contributed by atoms with Gasteiger partial charge in [-0.15, -0.1) is 0 Å². The highest BCUT2D eigenvalue weighted by Crippen LogP contribution is 2.20. The van der Waals surface area contributed by atoms with E-state index in [9.17, 15) is 9.59 Å². The van der Waals surface area contributed by atoms with E-state index in [-0.39, 0.29) is 11.9 Å². The van der Waals surface area contributed by atoms with Gasteiger partial charge in [-0.2, -0.15) is 0 Å². The van der Waals surface area contributed by atoms with Crippen molar-refractivity contribution in [2.75, 3.05) is 29.9 Å². The van der Waals surface area contributed by atoms with Gasteiger partial charge in [0.05, 0.1) is 0 Å². The van der Waals surface area contributed by atoms with Crippen molar-refractivity contribution in [3.05, 3.63) is 59.7 Å². The lowest BCUT2D eigenvalue weighted by Gasteiger charge is -2.27. The summed E-state index contributed by atoms with van der Waals surface area (Å²) in [6.07, 6.45) is 0.889. The monoisotopic (exact) mass is 352 g/mol. The molecule has 6 heteroatoms. The predicted octanol–water partition coefficient (Wildman–Crippen LogP) is 2.97. The summed E-state index contributed by atoms with van der Waals surface area (Å²) in [6, 6.07) is 14.8. The number of hydrogen-bond donors (Lipinski definition) is 3. The van der Waals surface area contributed by atoms with Crippen molar-refractivity contribution in [2.45, 2.75) is 19.9 Å². The Kier molecular flexibility index (Phi) is 5.86. The van der Waals surface area contributed by atoms with Crippen LogP contribution in [0.25, 0.3) is 0 Å². The van der Waals surface area contributed by atoms with Crippen LogP contribution in [0.1, 0.15) is 29.3 Å². The van der Waals surface area contributed by atoms with Gasteiger partial charge in [0.2, 0.25) is 0 Å². The molecule has 1 saturated heterocycles. The number of nitrogens with one attached hydrogen (secondary N) is 3. The Morgan fingerprint density at radius 1 is 1.19 bits per heavy atom. The van der Waals surface area contributed by atoms with Crippen LogP contribution in [0.2, 0.25) is 0 Å². The highest BCUT2D eigenvalue weighted by molar-refractivity contribution is 6.05. The van der Waals surface area contributed by atoms with E-state index in [1.807, 2.05) is 37.3 Å². The van der Waals surface area contributed by atoms with Crippen molar-refractivity contribution in [2.24, 2.45) is 0 Å². The molecular formula is C20H24N4O2. The third-order valence-electron chi connectivity index (χ3n) is 4.33. The van der Waals surface area contributed by atoms with Gasteiger partial charge in [-0.3, -0.25) is 9.69 Å². The number of urea groups is 1. The molecular weight excluding hydrogens is 328 g/mol. The Morgan fingerprint density at radius 2 is 2.04 bits per heavy atom. The summed E-state index contributed by atoms with van der Waals surface area (Å²) >= 11 is 0. The third kappa shape index (κ3) is 4.21. The first kappa shape index (κ1) is 17.9. The van der Waals surface area contributed by atoms with E-state index in [0.29, 0.717) is 25.2 Å². The predicted molar refractivity (Wildman–Crippen MR) is 104 cm³/mol. The zero-order valence-electron chi connectivity index (χ0n) is 14.9. The highest BCUT2D eigenvalue weighted by Gasteiger charge is 2.20. The van der Waals surface area contributed by atoms with Gasteiger partial charge in [0.1, 0.15) is 0 Å². The fourth-order valence-electron chi connectivity index (χ4n) is 2.94. The van der Waals surface area contributed by atoms with Crippen molar-refractivity contribution in [3.8, 4) is 0 Å². The number of carbonyl (C=O) groups excluding carboxylic acids is 2. The average molecular weight is 352 g/mol. The van der Waals surface area contributed by atoms with E-state index in [4.69, 9.17) is 0 Å². The second-order valence-electron chi connectivity index (χ2n) is 6.18. The first-order valence-electron chi connectivity index (χ1n) is 8.94. The van der Waals surface area contributed by atoms with Crippen molar-refractivity contribution in [1.29, 1.82) is 0 Å². The summed E-state index contributed by atoms with van der Waals surface area (Å²) < 4.78 is 0. The highest BCUT2D eigenvalue weighted by atomic mass is 16.2. The van der Waals surface area contributed by atoms with Crippen molar-refractivity contribution in [3.63, 3.8) is 0 Å². The first-order chi connectivity index (χ1) is 12.7. The summed E-state index contributed by atoms with van der Waals surface area (Å²) in [5.41, 5.74) is 3.09. The van der Waals surface area contributed by atoms with Gasteiger partial charge >= 0.3 is 6.03 Å². The van der Waals surface area contributed by atoms with Gasteiger partial charge in [0, 0.05) is 36.6 Å². The molecule has 26 heavy (non-hydrogen) atoms. The van der Waals surface area contributed by atoms with E-state index in [0.717, 1.165) is 29.9 Å². The van der Waals surface area contributed by atoms with E-state index in [1.54, 1.807) is 23.1 Å². The van der Waals surface area contributed by atoms with Gasteiger partial charge in [0.15, 0.2) is 0 Å². The molecule has 0 saturated carbocycles. The lowest BCUT2D eigenvalue weighted by atomic mass is 10.1. The van der Waals surface area contributed by atoms with Crippen LogP contribution in [0.5, 0.6) is 0 Å². The Hall–Kier alpha value is -2.86. The molecule has 0 aromatic heterocycles. The summed E-state index contributed by atoms with van der Waals surface area (Å²) in [5.74, 6) is -0.187. The molecule has 1 heterocycles. The minimum absolute atomic E-state index is 0.121. The van der Waals surface area contributed by atoms with Crippen LogP contribution < -0.4 is 20.9 Å². The summed E-state index contributed by atoms with van der Waals surface area (Å²) in [7, 11) is 0. The van der Waals surface area contributed by atoms with Gasteiger partial charge in [-0.05, 0) is 42.8 Å². The van der Waals surface area contributed by atoms with E-state index in [1.165, 1.54) is 0 Å². The van der Waals surface area contributed by atoms with E-state index < -0.39 is 0 Å². The van der Waals surface area contributed by atoms with Crippen molar-refractivity contribution < 1.29 is 9.59 Å². The molecule has 3 rings (SSSR count). The molecule has 0 bridgehead atoms. The molecule has 0 atom stereocenters. The smallest absolute Gasteiger partial charge is 0.321 e. The van der Waals surface area contributed by atoms with Crippen LogP contribution in [0.4, 0.5) is 16.2 Å². The van der Waals surface area contributed by atoms with Crippen molar-refractivity contribution >= 4 is 23.3 Å². The summed E-state index contributed by atoms with van der Waals surface area (Å²) in [5, 5.41) is 9.08. The standard InChI is InChI=1S/C20H24N4O2/c1-2-21-14-16-7-3-4-10-18(16)23-19(25)15-8-5-9-17(13-15)24-12-6-11-22-20(24)26/h3-5,7-10,13,21H,2,6,11-12,14H2,1H3,(H,22,26)(H,23,25). The third-order valence-corrected chi connectivity index (χ3v) is 4.33. The largest absolute Gasteiger partial charge is 0.338 e. The van der Waals surface area contributed by atoms with Crippen molar-refractivity contribution in [1.82, 2.24) is 10.6 Å². The Labute approximate surface area is 153 Å². The second-order valence-corrected chi connectivity index (χ2v) is 6.18. The Bertz CT molecular complexity index is 791. The maximum absolute atomic E-state index is 12.7. The zero-order valence-corrected chi connectivity index (χ0v) is 14.9. The Morgan fingerprint density at radius 3 is 2.85 bits per heavy atom. The number of hydrogen-bond acceptors (Lipinski definition) is 3. The maximum Gasteiger partial charge on any atom is 0.321 e. The van der Waals surface area contributed by atoms with Crippen LogP contribution in [0, 0.1) is 0 Å².